The van der Waals surface area contributed by atoms with Gasteiger partial charge in [0.1, 0.15) is 11.9 Å². The fourth-order valence-electron chi connectivity index (χ4n) is 2.35. The van der Waals surface area contributed by atoms with Crippen LogP contribution < -0.4 is 15.4 Å². The lowest BCUT2D eigenvalue weighted by Crippen LogP contribution is -2.50. The van der Waals surface area contributed by atoms with Crippen molar-refractivity contribution in [2.75, 3.05) is 14.2 Å². The fraction of sp³-hybridized carbons (Fsp3) is 0.333. The molecule has 1 aromatic carbocycles. The van der Waals surface area contributed by atoms with Crippen LogP contribution in [-0.2, 0) is 14.3 Å². The van der Waals surface area contributed by atoms with Crippen LogP contribution in [-0.4, -0.2) is 32.6 Å². The average Bonchev–Trinajstić information content (AvgIpc) is 2.53. The van der Waals surface area contributed by atoms with Crippen LogP contribution in [0.2, 0.25) is 0 Å². The first-order valence-electron chi connectivity index (χ1n) is 6.51. The van der Waals surface area contributed by atoms with Crippen LogP contribution in [0.25, 0.3) is 0 Å². The summed E-state index contributed by atoms with van der Waals surface area (Å²) in [6.45, 7) is 1.75. The Morgan fingerprint density at radius 3 is 2.43 bits per heavy atom. The van der Waals surface area contributed by atoms with Gasteiger partial charge in [-0.15, -0.1) is 0 Å². The molecule has 2 N–H and O–H groups in total. The van der Waals surface area contributed by atoms with Gasteiger partial charge in [-0.05, 0) is 24.6 Å². The molecule has 21 heavy (non-hydrogen) atoms. The first kappa shape index (κ1) is 15.1. The zero-order chi connectivity index (χ0) is 15.4. The second-order valence-corrected chi connectivity index (χ2v) is 4.66. The molecule has 0 amide bonds. The molecule has 1 aliphatic heterocycles. The van der Waals surface area contributed by atoms with Gasteiger partial charge in [-0.1, -0.05) is 12.1 Å². The number of benzene rings is 1. The summed E-state index contributed by atoms with van der Waals surface area (Å²) in [7, 11) is 2.92. The maximum absolute atomic E-state index is 12.0. The number of hydrogen-bond acceptors (Lipinski definition) is 6. The molecule has 0 spiro atoms. The predicted octanol–water partition coefficient (Wildman–Crippen LogP) is 0.901. The quantitative estimate of drug-likeness (QED) is 0.634. The van der Waals surface area contributed by atoms with Crippen molar-refractivity contribution in [1.29, 1.82) is 0 Å². The van der Waals surface area contributed by atoms with E-state index in [4.69, 9.17) is 9.47 Å². The van der Waals surface area contributed by atoms with E-state index in [0.29, 0.717) is 11.3 Å². The first-order valence-corrected chi connectivity index (χ1v) is 6.51. The number of carbonyl (C=O) groups is 2. The van der Waals surface area contributed by atoms with Crippen molar-refractivity contribution in [2.45, 2.75) is 19.1 Å². The van der Waals surface area contributed by atoms with Crippen LogP contribution in [0.5, 0.6) is 5.75 Å². The number of rotatable bonds is 4. The van der Waals surface area contributed by atoms with E-state index in [0.717, 1.165) is 17.6 Å². The summed E-state index contributed by atoms with van der Waals surface area (Å²) in [5.74, 6) is 0.289. The van der Waals surface area contributed by atoms with Crippen molar-refractivity contribution in [2.24, 2.45) is 0 Å². The molecule has 6 nitrogen and oxygen atoms in total. The molecule has 2 rings (SSSR count). The molecule has 0 saturated carbocycles. The summed E-state index contributed by atoms with van der Waals surface area (Å²) in [6.07, 6.45) is 0.208. The van der Waals surface area contributed by atoms with Crippen molar-refractivity contribution in [1.82, 2.24) is 10.6 Å². The third-order valence-corrected chi connectivity index (χ3v) is 3.40. The molecule has 2 unspecified atom stereocenters. The van der Waals surface area contributed by atoms with Gasteiger partial charge in [-0.25, -0.2) is 4.79 Å². The summed E-state index contributed by atoms with van der Waals surface area (Å²) in [5, 5.41) is 6.00. The Balaban J connectivity index is 2.42. The summed E-state index contributed by atoms with van der Waals surface area (Å²) < 4.78 is 9.96. The van der Waals surface area contributed by atoms with Crippen LogP contribution in [0.4, 0.5) is 0 Å². The molecule has 0 aromatic heterocycles. The second kappa shape index (κ2) is 6.41. The van der Waals surface area contributed by atoms with E-state index in [1.54, 1.807) is 26.2 Å². The van der Waals surface area contributed by atoms with Crippen LogP contribution in [0.15, 0.2) is 35.5 Å². The number of hydrogen-bond donors (Lipinski definition) is 2. The minimum Gasteiger partial charge on any atom is -0.497 e. The Morgan fingerprint density at radius 1 is 1.24 bits per heavy atom. The standard InChI is InChI=1S/C15H18N2O4/c1-9-13(15(19)21-3)14(17-12(8-18)16-9)10-4-6-11(20-2)7-5-10/h4-8,12,14,16-17H,1-3H3. The maximum atomic E-state index is 12.0. The summed E-state index contributed by atoms with van der Waals surface area (Å²) in [5.41, 5.74) is 1.93. The Hall–Kier alpha value is -2.34. The Kier molecular flexibility index (Phi) is 4.59. The van der Waals surface area contributed by atoms with Gasteiger partial charge < -0.3 is 14.8 Å². The van der Waals surface area contributed by atoms with E-state index in [1.165, 1.54) is 7.11 Å². The molecule has 6 heteroatoms. The molecule has 112 valence electrons. The smallest absolute Gasteiger partial charge is 0.337 e. The molecule has 1 heterocycles. The monoisotopic (exact) mass is 290 g/mol. The van der Waals surface area contributed by atoms with E-state index >= 15 is 0 Å². The molecule has 0 aliphatic carbocycles. The topological polar surface area (TPSA) is 76.7 Å². The highest BCUT2D eigenvalue weighted by Crippen LogP contribution is 2.29. The highest BCUT2D eigenvalue weighted by atomic mass is 16.5. The lowest BCUT2D eigenvalue weighted by Gasteiger charge is -2.32. The number of nitrogens with one attached hydrogen (secondary N) is 2. The van der Waals surface area contributed by atoms with Crippen molar-refractivity contribution in [3.05, 3.63) is 41.1 Å². The number of esters is 1. The highest BCUT2D eigenvalue weighted by Gasteiger charge is 2.32. The van der Waals surface area contributed by atoms with Crippen molar-refractivity contribution in [3.8, 4) is 5.75 Å². The molecular weight excluding hydrogens is 272 g/mol. The van der Waals surface area contributed by atoms with E-state index in [9.17, 15) is 9.59 Å². The fourth-order valence-corrected chi connectivity index (χ4v) is 2.35. The van der Waals surface area contributed by atoms with Gasteiger partial charge in [0.2, 0.25) is 0 Å². The highest BCUT2D eigenvalue weighted by molar-refractivity contribution is 5.91. The normalized spacial score (nSPS) is 21.5. The number of allylic oxidation sites excluding steroid dienone is 1. The molecule has 0 saturated heterocycles. The predicted molar refractivity (Wildman–Crippen MR) is 76.6 cm³/mol. The number of methoxy groups -OCH3 is 2. The number of carbonyl (C=O) groups excluding carboxylic acids is 2. The zero-order valence-corrected chi connectivity index (χ0v) is 12.2. The maximum Gasteiger partial charge on any atom is 0.337 e. The van der Waals surface area contributed by atoms with Gasteiger partial charge in [-0.2, -0.15) is 0 Å². The van der Waals surface area contributed by atoms with Crippen molar-refractivity contribution in [3.63, 3.8) is 0 Å². The van der Waals surface area contributed by atoms with E-state index < -0.39 is 18.2 Å². The van der Waals surface area contributed by atoms with Crippen LogP contribution >= 0.6 is 0 Å². The molecule has 1 aliphatic rings. The Morgan fingerprint density at radius 2 is 1.90 bits per heavy atom. The summed E-state index contributed by atoms with van der Waals surface area (Å²) in [6, 6.07) is 6.89. The molecular formula is C15H18N2O4. The van der Waals surface area contributed by atoms with Gasteiger partial charge in [0.25, 0.3) is 0 Å². The largest absolute Gasteiger partial charge is 0.497 e. The lowest BCUT2D eigenvalue weighted by molar-refractivity contribution is -0.137. The first-order chi connectivity index (χ1) is 10.1. The van der Waals surface area contributed by atoms with Gasteiger partial charge >= 0.3 is 5.97 Å². The molecule has 0 fully saturated rings. The lowest BCUT2D eigenvalue weighted by atomic mass is 9.94. The van der Waals surface area contributed by atoms with Crippen LogP contribution in [0, 0.1) is 0 Å². The van der Waals surface area contributed by atoms with E-state index in [1.807, 2.05) is 12.1 Å². The molecule has 1 aromatic rings. The van der Waals surface area contributed by atoms with Gasteiger partial charge in [0.15, 0.2) is 6.29 Å². The van der Waals surface area contributed by atoms with Gasteiger partial charge in [0.05, 0.1) is 25.8 Å². The van der Waals surface area contributed by atoms with E-state index in [-0.39, 0.29) is 0 Å². The summed E-state index contributed by atoms with van der Waals surface area (Å²) in [4.78, 5) is 23.1. The van der Waals surface area contributed by atoms with Gasteiger partial charge in [-0.3, -0.25) is 10.1 Å². The molecule has 0 radical (unpaired) electrons. The average molecular weight is 290 g/mol. The second-order valence-electron chi connectivity index (χ2n) is 4.66. The van der Waals surface area contributed by atoms with Crippen LogP contribution in [0.3, 0.4) is 0 Å². The minimum absolute atomic E-state index is 0.417. The van der Waals surface area contributed by atoms with E-state index in [2.05, 4.69) is 10.6 Å². The third-order valence-electron chi connectivity index (χ3n) is 3.40. The van der Waals surface area contributed by atoms with Crippen molar-refractivity contribution < 1.29 is 19.1 Å². The Bertz CT molecular complexity index is 566. The van der Waals surface area contributed by atoms with Gasteiger partial charge in [0, 0.05) is 5.70 Å². The molecule has 0 bridgehead atoms. The SMILES string of the molecule is COC(=O)C1=C(C)NC(C=O)NC1c1ccc(OC)cc1. The summed E-state index contributed by atoms with van der Waals surface area (Å²) >= 11 is 0. The van der Waals surface area contributed by atoms with Crippen LogP contribution in [0.1, 0.15) is 18.5 Å². The number of ether oxygens (including phenoxy) is 2. The number of aldehydes is 1. The minimum atomic E-state index is -0.550. The Labute approximate surface area is 123 Å². The molecule has 2 atom stereocenters. The van der Waals surface area contributed by atoms with Crippen molar-refractivity contribution >= 4 is 12.3 Å². The zero-order valence-electron chi connectivity index (χ0n) is 12.2. The third kappa shape index (κ3) is 3.05.